The van der Waals surface area contributed by atoms with E-state index < -0.39 is 0 Å². The Kier molecular flexibility index (Phi) is 7.13. The molecule has 4 rings (SSSR count). The number of aromatic nitrogens is 3. The fourth-order valence-corrected chi connectivity index (χ4v) is 3.97. The normalized spacial score (nSPS) is 17.8. The van der Waals surface area contributed by atoms with Crippen LogP contribution in [0.2, 0.25) is 5.02 Å². The van der Waals surface area contributed by atoms with Crippen molar-refractivity contribution in [3.8, 4) is 0 Å². The topological polar surface area (TPSA) is 69.5 Å². The molecular weight excluding hydrogens is 398 g/mol. The van der Waals surface area contributed by atoms with Gasteiger partial charge in [0.05, 0.1) is 0 Å². The molecule has 1 N–H and O–H groups in total. The van der Waals surface area contributed by atoms with Crippen LogP contribution in [-0.2, 0) is 0 Å². The van der Waals surface area contributed by atoms with E-state index in [1.807, 2.05) is 36.4 Å². The minimum atomic E-state index is 0.480. The number of nitrogens with one attached hydrogen (secondary N) is 1. The molecule has 0 unspecified atom stereocenters. The zero-order valence-corrected chi connectivity index (χ0v) is 17.9. The number of hydrogen-bond acceptors (Lipinski definition) is 7. The van der Waals surface area contributed by atoms with Crippen molar-refractivity contribution in [3.63, 3.8) is 0 Å². The Hall–Kier alpha value is -2.67. The molecule has 7 nitrogen and oxygen atoms in total. The van der Waals surface area contributed by atoms with Crippen molar-refractivity contribution >= 4 is 41.7 Å². The number of nitrogens with zero attached hydrogens (tertiary/aromatic N) is 6. The molecular formula is C22H28ClN7. The summed E-state index contributed by atoms with van der Waals surface area (Å²) in [5.41, 5.74) is 3.92. The van der Waals surface area contributed by atoms with Gasteiger partial charge in [-0.25, -0.2) is 5.43 Å². The summed E-state index contributed by atoms with van der Waals surface area (Å²) in [5.74, 6) is 1.97. The number of hydrazone groups is 1. The maximum Gasteiger partial charge on any atom is 0.250 e. The molecule has 0 bridgehead atoms. The molecule has 1 aromatic heterocycles. The summed E-state index contributed by atoms with van der Waals surface area (Å²) in [4.78, 5) is 18.6. The zero-order chi connectivity index (χ0) is 20.6. The number of piperidine rings is 2. The summed E-state index contributed by atoms with van der Waals surface area (Å²) < 4.78 is 0. The molecule has 0 radical (unpaired) electrons. The van der Waals surface area contributed by atoms with Gasteiger partial charge < -0.3 is 9.80 Å². The van der Waals surface area contributed by atoms with Crippen molar-refractivity contribution in [1.82, 2.24) is 15.0 Å². The van der Waals surface area contributed by atoms with Gasteiger partial charge in [0.25, 0.3) is 0 Å². The SMILES string of the molecule is Clc1ccccc1/C=C\C=NNc1nc(N2CCCCC2)nc(N2CCCCC2)n1. The molecule has 0 aliphatic carbocycles. The van der Waals surface area contributed by atoms with Gasteiger partial charge in [-0.3, -0.25) is 0 Å². The average Bonchev–Trinajstić information content (AvgIpc) is 2.81. The van der Waals surface area contributed by atoms with Gasteiger partial charge in [-0.05, 0) is 56.2 Å². The molecule has 3 heterocycles. The van der Waals surface area contributed by atoms with Crippen LogP contribution in [0.1, 0.15) is 44.1 Å². The maximum atomic E-state index is 6.17. The lowest BCUT2D eigenvalue weighted by Crippen LogP contribution is -2.34. The van der Waals surface area contributed by atoms with Crippen LogP contribution >= 0.6 is 11.6 Å². The Morgan fingerprint density at radius 2 is 1.43 bits per heavy atom. The molecule has 8 heteroatoms. The monoisotopic (exact) mass is 425 g/mol. The second kappa shape index (κ2) is 10.4. The highest BCUT2D eigenvalue weighted by molar-refractivity contribution is 6.32. The van der Waals surface area contributed by atoms with Crippen molar-refractivity contribution in [3.05, 3.63) is 40.9 Å². The Morgan fingerprint density at radius 1 is 0.833 bits per heavy atom. The van der Waals surface area contributed by atoms with Crippen molar-refractivity contribution in [2.45, 2.75) is 38.5 Å². The Labute approximate surface area is 182 Å². The molecule has 1 aromatic carbocycles. The molecule has 158 valence electrons. The van der Waals surface area contributed by atoms with E-state index >= 15 is 0 Å². The number of benzene rings is 1. The summed E-state index contributed by atoms with van der Waals surface area (Å²) in [5, 5.41) is 4.98. The van der Waals surface area contributed by atoms with Crippen LogP contribution in [0, 0.1) is 0 Å². The van der Waals surface area contributed by atoms with E-state index in [1.165, 1.54) is 38.5 Å². The highest BCUT2D eigenvalue weighted by Gasteiger charge is 2.20. The number of anilines is 3. The fourth-order valence-electron chi connectivity index (χ4n) is 3.77. The van der Waals surface area contributed by atoms with Gasteiger partial charge in [-0.1, -0.05) is 35.9 Å². The van der Waals surface area contributed by atoms with Gasteiger partial charge in [0.2, 0.25) is 17.8 Å². The van der Waals surface area contributed by atoms with E-state index in [4.69, 9.17) is 16.6 Å². The molecule has 0 saturated carbocycles. The largest absolute Gasteiger partial charge is 0.341 e. The fraction of sp³-hybridized carbons (Fsp3) is 0.455. The molecule has 2 aliphatic heterocycles. The smallest absolute Gasteiger partial charge is 0.250 e. The van der Waals surface area contributed by atoms with Crippen LogP contribution < -0.4 is 15.2 Å². The van der Waals surface area contributed by atoms with Crippen molar-refractivity contribution in [2.24, 2.45) is 5.10 Å². The first kappa shape index (κ1) is 20.6. The minimum Gasteiger partial charge on any atom is -0.341 e. The van der Waals surface area contributed by atoms with Gasteiger partial charge >= 0.3 is 0 Å². The van der Waals surface area contributed by atoms with Gasteiger partial charge in [0.1, 0.15) is 0 Å². The highest BCUT2D eigenvalue weighted by atomic mass is 35.5. The third kappa shape index (κ3) is 5.48. The lowest BCUT2D eigenvalue weighted by molar-refractivity contribution is 0.556. The molecule has 2 fully saturated rings. The average molecular weight is 426 g/mol. The third-order valence-corrected chi connectivity index (χ3v) is 5.74. The van der Waals surface area contributed by atoms with E-state index in [2.05, 4.69) is 30.3 Å². The van der Waals surface area contributed by atoms with Crippen LogP contribution in [0.15, 0.2) is 35.4 Å². The number of allylic oxidation sites excluding steroid dienone is 1. The van der Waals surface area contributed by atoms with Crippen LogP contribution in [-0.4, -0.2) is 47.3 Å². The maximum absolute atomic E-state index is 6.17. The molecule has 0 amide bonds. The molecule has 2 aliphatic rings. The second-order valence-corrected chi connectivity index (χ2v) is 8.03. The quantitative estimate of drug-likeness (QED) is 0.538. The van der Waals surface area contributed by atoms with Crippen LogP contribution in [0.3, 0.4) is 0 Å². The molecule has 0 spiro atoms. The summed E-state index contributed by atoms with van der Waals surface area (Å²) in [7, 11) is 0. The van der Waals surface area contributed by atoms with Gasteiger partial charge in [-0.15, -0.1) is 0 Å². The van der Waals surface area contributed by atoms with Crippen LogP contribution in [0.25, 0.3) is 6.08 Å². The van der Waals surface area contributed by atoms with Crippen LogP contribution in [0.4, 0.5) is 17.8 Å². The standard InChI is InChI=1S/C22H28ClN7/c23-19-12-4-3-10-18(19)11-9-13-24-28-20-25-21(29-14-5-1-6-15-29)27-22(26-20)30-16-7-2-8-17-30/h3-4,9-13H,1-2,5-8,14-17H2,(H,25,26,27,28)/b11-9-,24-13?. The van der Waals surface area contributed by atoms with Gasteiger partial charge in [-0.2, -0.15) is 20.1 Å². The van der Waals surface area contributed by atoms with Crippen molar-refractivity contribution in [1.29, 1.82) is 0 Å². The Bertz CT molecular complexity index is 851. The molecule has 30 heavy (non-hydrogen) atoms. The van der Waals surface area contributed by atoms with Crippen molar-refractivity contribution < 1.29 is 0 Å². The predicted octanol–water partition coefficient (Wildman–Crippen LogP) is 4.62. The minimum absolute atomic E-state index is 0.480. The van der Waals surface area contributed by atoms with E-state index in [1.54, 1.807) is 6.21 Å². The van der Waals surface area contributed by atoms with E-state index in [0.717, 1.165) is 43.6 Å². The van der Waals surface area contributed by atoms with Gasteiger partial charge in [0.15, 0.2) is 0 Å². The predicted molar refractivity (Wildman–Crippen MR) is 125 cm³/mol. The first-order valence-corrected chi connectivity index (χ1v) is 11.1. The summed E-state index contributed by atoms with van der Waals surface area (Å²) in [6.07, 6.45) is 12.7. The molecule has 2 aromatic rings. The lowest BCUT2D eigenvalue weighted by Gasteiger charge is -2.30. The Balaban J connectivity index is 1.48. The summed E-state index contributed by atoms with van der Waals surface area (Å²) in [6.45, 7) is 3.97. The third-order valence-electron chi connectivity index (χ3n) is 5.40. The number of rotatable bonds is 6. The molecule has 0 atom stereocenters. The summed E-state index contributed by atoms with van der Waals surface area (Å²) >= 11 is 6.17. The van der Waals surface area contributed by atoms with Crippen molar-refractivity contribution in [2.75, 3.05) is 41.4 Å². The lowest BCUT2D eigenvalue weighted by atomic mass is 10.1. The first-order valence-electron chi connectivity index (χ1n) is 10.8. The Morgan fingerprint density at radius 3 is 2.03 bits per heavy atom. The number of hydrogen-bond donors (Lipinski definition) is 1. The number of halogens is 1. The second-order valence-electron chi connectivity index (χ2n) is 7.63. The molecule has 2 saturated heterocycles. The van der Waals surface area contributed by atoms with E-state index in [-0.39, 0.29) is 0 Å². The van der Waals surface area contributed by atoms with Gasteiger partial charge in [0, 0.05) is 37.4 Å². The zero-order valence-electron chi connectivity index (χ0n) is 17.2. The van der Waals surface area contributed by atoms with Crippen LogP contribution in [0.5, 0.6) is 0 Å². The van der Waals surface area contributed by atoms with E-state index in [0.29, 0.717) is 11.0 Å². The van der Waals surface area contributed by atoms with E-state index in [9.17, 15) is 0 Å². The highest BCUT2D eigenvalue weighted by Crippen LogP contribution is 2.22. The first-order chi connectivity index (χ1) is 14.8. The summed E-state index contributed by atoms with van der Waals surface area (Å²) in [6, 6.07) is 7.69.